The maximum absolute atomic E-state index is 11.3. The van der Waals surface area contributed by atoms with Crippen LogP contribution in [0.3, 0.4) is 0 Å². The highest BCUT2D eigenvalue weighted by molar-refractivity contribution is 5.77. The van der Waals surface area contributed by atoms with Crippen molar-refractivity contribution < 1.29 is 9.53 Å². The molecule has 1 fully saturated rings. The predicted octanol–water partition coefficient (Wildman–Crippen LogP) is 1.84. The van der Waals surface area contributed by atoms with Gasteiger partial charge in [0.25, 0.3) is 0 Å². The summed E-state index contributed by atoms with van der Waals surface area (Å²) in [6.45, 7) is 4.49. The summed E-state index contributed by atoms with van der Waals surface area (Å²) in [6, 6.07) is 8.52. The van der Waals surface area contributed by atoms with E-state index in [1.165, 1.54) is 5.69 Å². The lowest BCUT2D eigenvalue weighted by Gasteiger charge is -2.34. The highest BCUT2D eigenvalue weighted by atomic mass is 16.5. The van der Waals surface area contributed by atoms with E-state index < -0.39 is 0 Å². The molecule has 1 aromatic rings. The number of hydrogen-bond acceptors (Lipinski definition) is 4. The van der Waals surface area contributed by atoms with Gasteiger partial charge in [-0.05, 0) is 31.9 Å². The molecule has 1 heterocycles. The van der Waals surface area contributed by atoms with E-state index in [1.54, 1.807) is 7.11 Å². The fourth-order valence-corrected chi connectivity index (χ4v) is 2.83. The number of ether oxygens (including phenoxy) is 1. The van der Waals surface area contributed by atoms with Gasteiger partial charge in [-0.3, -0.25) is 4.79 Å². The van der Waals surface area contributed by atoms with Crippen molar-refractivity contribution in [3.8, 4) is 0 Å². The second kappa shape index (κ2) is 7.31. The minimum absolute atomic E-state index is 0.0220. The van der Waals surface area contributed by atoms with Gasteiger partial charge in [0.1, 0.15) is 0 Å². The number of nitrogens with two attached hydrogens (primary N) is 1. The van der Waals surface area contributed by atoms with Crippen LogP contribution in [0.25, 0.3) is 0 Å². The van der Waals surface area contributed by atoms with Crippen molar-refractivity contribution in [1.82, 2.24) is 0 Å². The van der Waals surface area contributed by atoms with E-state index in [1.807, 2.05) is 12.1 Å². The highest BCUT2D eigenvalue weighted by Crippen LogP contribution is 2.30. The van der Waals surface area contributed by atoms with Gasteiger partial charge in [0.15, 0.2) is 0 Å². The number of carbonyl (C=O) groups is 1. The van der Waals surface area contributed by atoms with Gasteiger partial charge < -0.3 is 20.7 Å². The molecular weight excluding hydrogens is 266 g/mol. The SMILES string of the molecule is COC[C@H](C)Nc1ccccc1N1CCC(C(N)=O)CC1. The molecule has 0 spiro atoms. The number of benzene rings is 1. The lowest BCUT2D eigenvalue weighted by molar-refractivity contribution is -0.122. The molecule has 0 aliphatic carbocycles. The summed E-state index contributed by atoms with van der Waals surface area (Å²) in [5.41, 5.74) is 7.69. The maximum atomic E-state index is 11.3. The number of nitrogens with zero attached hydrogens (tertiary/aromatic N) is 1. The van der Waals surface area contributed by atoms with Gasteiger partial charge >= 0.3 is 0 Å². The molecule has 0 bridgehead atoms. The third-order valence-electron chi connectivity index (χ3n) is 3.96. The Morgan fingerprint density at radius 2 is 2.10 bits per heavy atom. The van der Waals surface area contributed by atoms with Crippen molar-refractivity contribution in [2.75, 3.05) is 37.0 Å². The van der Waals surface area contributed by atoms with E-state index in [0.717, 1.165) is 31.6 Å². The van der Waals surface area contributed by atoms with E-state index in [0.29, 0.717) is 6.61 Å². The zero-order valence-electron chi connectivity index (χ0n) is 12.8. The Labute approximate surface area is 126 Å². The first-order valence-electron chi connectivity index (χ1n) is 7.50. The van der Waals surface area contributed by atoms with E-state index >= 15 is 0 Å². The highest BCUT2D eigenvalue weighted by Gasteiger charge is 2.24. The van der Waals surface area contributed by atoms with Crippen LogP contribution in [0.1, 0.15) is 19.8 Å². The summed E-state index contributed by atoms with van der Waals surface area (Å²) >= 11 is 0. The number of amides is 1. The zero-order valence-corrected chi connectivity index (χ0v) is 12.8. The molecule has 0 unspecified atom stereocenters. The van der Waals surface area contributed by atoms with Crippen LogP contribution in [-0.4, -0.2) is 38.8 Å². The average molecular weight is 291 g/mol. The van der Waals surface area contributed by atoms with Crippen LogP contribution in [0.15, 0.2) is 24.3 Å². The number of para-hydroxylation sites is 2. The fourth-order valence-electron chi connectivity index (χ4n) is 2.83. The minimum atomic E-state index is -0.172. The molecule has 3 N–H and O–H groups in total. The minimum Gasteiger partial charge on any atom is -0.383 e. The second-order valence-corrected chi connectivity index (χ2v) is 5.68. The zero-order chi connectivity index (χ0) is 15.2. The quantitative estimate of drug-likeness (QED) is 0.839. The number of primary amides is 1. The number of piperidine rings is 1. The molecular formula is C16H25N3O2. The van der Waals surface area contributed by atoms with Gasteiger partial charge in [-0.1, -0.05) is 12.1 Å². The molecule has 0 aromatic heterocycles. The molecule has 5 heteroatoms. The van der Waals surface area contributed by atoms with Crippen LogP contribution in [-0.2, 0) is 9.53 Å². The average Bonchev–Trinajstić information content (AvgIpc) is 2.48. The largest absolute Gasteiger partial charge is 0.383 e. The second-order valence-electron chi connectivity index (χ2n) is 5.68. The van der Waals surface area contributed by atoms with Crippen molar-refractivity contribution >= 4 is 17.3 Å². The number of methoxy groups -OCH3 is 1. The van der Waals surface area contributed by atoms with Crippen LogP contribution < -0.4 is 16.0 Å². The Kier molecular flexibility index (Phi) is 5.44. The number of rotatable bonds is 6. The van der Waals surface area contributed by atoms with Crippen molar-refractivity contribution in [3.05, 3.63) is 24.3 Å². The van der Waals surface area contributed by atoms with Gasteiger partial charge in [0.2, 0.25) is 5.91 Å². The number of hydrogen-bond donors (Lipinski definition) is 2. The Morgan fingerprint density at radius 1 is 1.43 bits per heavy atom. The van der Waals surface area contributed by atoms with Crippen LogP contribution in [0.5, 0.6) is 0 Å². The lowest BCUT2D eigenvalue weighted by Crippen LogP contribution is -2.39. The van der Waals surface area contributed by atoms with Gasteiger partial charge in [-0.2, -0.15) is 0 Å². The van der Waals surface area contributed by atoms with E-state index in [9.17, 15) is 4.79 Å². The van der Waals surface area contributed by atoms with Gasteiger partial charge in [-0.25, -0.2) is 0 Å². The van der Waals surface area contributed by atoms with Crippen molar-refractivity contribution in [3.63, 3.8) is 0 Å². The molecule has 116 valence electrons. The first kappa shape index (κ1) is 15.6. The van der Waals surface area contributed by atoms with Gasteiger partial charge in [-0.15, -0.1) is 0 Å². The molecule has 1 saturated heterocycles. The number of nitrogens with one attached hydrogen (secondary N) is 1. The predicted molar refractivity (Wildman–Crippen MR) is 85.5 cm³/mol. The molecule has 1 aromatic carbocycles. The molecule has 5 nitrogen and oxygen atoms in total. The third-order valence-corrected chi connectivity index (χ3v) is 3.96. The molecule has 2 rings (SSSR count). The number of carbonyl (C=O) groups excluding carboxylic acids is 1. The van der Waals surface area contributed by atoms with Crippen LogP contribution in [0.4, 0.5) is 11.4 Å². The summed E-state index contributed by atoms with van der Waals surface area (Å²) in [6.07, 6.45) is 1.66. The first-order chi connectivity index (χ1) is 10.1. The monoisotopic (exact) mass is 291 g/mol. The summed E-state index contributed by atoms with van der Waals surface area (Å²) in [7, 11) is 1.71. The normalized spacial score (nSPS) is 17.5. The van der Waals surface area contributed by atoms with Crippen LogP contribution in [0, 0.1) is 5.92 Å². The third kappa shape index (κ3) is 4.11. The standard InChI is InChI=1S/C16H25N3O2/c1-12(11-21-2)18-14-5-3-4-6-15(14)19-9-7-13(8-10-19)16(17)20/h3-6,12-13,18H,7-11H2,1-2H3,(H2,17,20)/t12-/m0/s1. The van der Waals surface area contributed by atoms with E-state index in [4.69, 9.17) is 10.5 Å². The molecule has 1 amide bonds. The fraction of sp³-hybridized carbons (Fsp3) is 0.562. The van der Waals surface area contributed by atoms with Crippen LogP contribution >= 0.6 is 0 Å². The summed E-state index contributed by atoms with van der Waals surface area (Å²) < 4.78 is 5.17. The van der Waals surface area contributed by atoms with E-state index in [-0.39, 0.29) is 17.9 Å². The van der Waals surface area contributed by atoms with E-state index in [2.05, 4.69) is 29.3 Å². The maximum Gasteiger partial charge on any atom is 0.220 e. The Balaban J connectivity index is 2.05. The van der Waals surface area contributed by atoms with Crippen molar-refractivity contribution in [2.24, 2.45) is 11.7 Å². The lowest BCUT2D eigenvalue weighted by atomic mass is 9.96. The molecule has 0 saturated carbocycles. The topological polar surface area (TPSA) is 67.6 Å². The molecule has 1 atom stereocenters. The number of anilines is 2. The Morgan fingerprint density at radius 3 is 2.71 bits per heavy atom. The van der Waals surface area contributed by atoms with Crippen molar-refractivity contribution in [2.45, 2.75) is 25.8 Å². The smallest absolute Gasteiger partial charge is 0.220 e. The Bertz CT molecular complexity index is 470. The van der Waals surface area contributed by atoms with Gasteiger partial charge in [0.05, 0.1) is 18.0 Å². The van der Waals surface area contributed by atoms with Crippen LogP contribution in [0.2, 0.25) is 0 Å². The molecule has 1 aliphatic heterocycles. The van der Waals surface area contributed by atoms with Crippen molar-refractivity contribution in [1.29, 1.82) is 0 Å². The molecule has 1 aliphatic rings. The summed E-state index contributed by atoms with van der Waals surface area (Å²) in [5.74, 6) is -0.149. The Hall–Kier alpha value is -1.75. The first-order valence-corrected chi connectivity index (χ1v) is 7.50. The molecule has 0 radical (unpaired) electrons. The molecule has 21 heavy (non-hydrogen) atoms. The van der Waals surface area contributed by atoms with Gasteiger partial charge in [0, 0.05) is 32.2 Å². The summed E-state index contributed by atoms with van der Waals surface area (Å²) in [4.78, 5) is 13.6. The summed E-state index contributed by atoms with van der Waals surface area (Å²) in [5, 5.41) is 3.48.